The van der Waals surface area contributed by atoms with Crippen molar-refractivity contribution in [2.75, 3.05) is 20.1 Å². The molecule has 1 amide bonds. The van der Waals surface area contributed by atoms with Crippen LogP contribution in [0.15, 0.2) is 24.3 Å². The van der Waals surface area contributed by atoms with Crippen LogP contribution in [0.2, 0.25) is 0 Å². The zero-order valence-electron chi connectivity index (χ0n) is 12.4. The summed E-state index contributed by atoms with van der Waals surface area (Å²) in [6, 6.07) is 6.91. The number of rotatable bonds is 4. The molecule has 6 nitrogen and oxygen atoms in total. The third-order valence-electron chi connectivity index (χ3n) is 4.26. The zero-order chi connectivity index (χ0) is 15.4. The number of non-ortho nitro benzene ring substituents is 1. The highest BCUT2D eigenvalue weighted by Crippen LogP contribution is 2.28. The Hall–Kier alpha value is -1.95. The average Bonchev–Trinajstić information content (AvgIpc) is 2.53. The number of amides is 1. The molecule has 1 aromatic carbocycles. The first kappa shape index (κ1) is 15.4. The van der Waals surface area contributed by atoms with Crippen LogP contribution >= 0.6 is 0 Å². The molecule has 0 spiro atoms. The summed E-state index contributed by atoms with van der Waals surface area (Å²) in [4.78, 5) is 24.4. The first-order chi connectivity index (χ1) is 10.0. The number of carbonyl (C=O) groups is 1. The molecule has 1 saturated heterocycles. The summed E-state index contributed by atoms with van der Waals surface area (Å²) in [7, 11) is 1.67. The van der Waals surface area contributed by atoms with Crippen molar-refractivity contribution in [2.45, 2.75) is 25.8 Å². The van der Waals surface area contributed by atoms with Crippen LogP contribution in [0, 0.1) is 16.0 Å². The summed E-state index contributed by atoms with van der Waals surface area (Å²) >= 11 is 0. The monoisotopic (exact) mass is 291 g/mol. The van der Waals surface area contributed by atoms with Crippen LogP contribution < -0.4 is 5.32 Å². The highest BCUT2D eigenvalue weighted by atomic mass is 16.6. The van der Waals surface area contributed by atoms with E-state index in [2.05, 4.69) is 17.1 Å². The number of nitrogens with zero attached hydrogens (tertiary/aromatic N) is 2. The summed E-state index contributed by atoms with van der Waals surface area (Å²) in [5.74, 6) is 0.196. The van der Waals surface area contributed by atoms with Gasteiger partial charge >= 0.3 is 0 Å². The Balaban J connectivity index is 2.01. The van der Waals surface area contributed by atoms with E-state index in [9.17, 15) is 14.9 Å². The Bertz CT molecular complexity index is 525. The first-order valence-corrected chi connectivity index (χ1v) is 7.23. The molecule has 114 valence electrons. The number of piperidine rings is 1. The summed E-state index contributed by atoms with van der Waals surface area (Å²) in [5.41, 5.74) is 1.07. The van der Waals surface area contributed by atoms with Crippen molar-refractivity contribution >= 4 is 11.6 Å². The molecule has 0 aromatic heterocycles. The fourth-order valence-electron chi connectivity index (χ4n) is 2.86. The van der Waals surface area contributed by atoms with Crippen molar-refractivity contribution in [3.63, 3.8) is 0 Å². The van der Waals surface area contributed by atoms with E-state index in [1.165, 1.54) is 6.07 Å². The minimum Gasteiger partial charge on any atom is -0.359 e. The SMILES string of the molecule is CNC(=O)C1CCN(C(C)c2cccc([N+](=O)[O-])c2)CC1. The molecule has 1 aliphatic heterocycles. The van der Waals surface area contributed by atoms with E-state index in [0.29, 0.717) is 0 Å². The summed E-state index contributed by atoms with van der Waals surface area (Å²) < 4.78 is 0. The summed E-state index contributed by atoms with van der Waals surface area (Å²) in [6.07, 6.45) is 1.66. The molecule has 0 bridgehead atoms. The van der Waals surface area contributed by atoms with Crippen molar-refractivity contribution < 1.29 is 9.72 Å². The van der Waals surface area contributed by atoms with Crippen LogP contribution in [0.1, 0.15) is 31.4 Å². The van der Waals surface area contributed by atoms with Gasteiger partial charge in [-0.05, 0) is 38.4 Å². The first-order valence-electron chi connectivity index (χ1n) is 7.23. The molecule has 21 heavy (non-hydrogen) atoms. The zero-order valence-corrected chi connectivity index (χ0v) is 12.4. The highest BCUT2D eigenvalue weighted by Gasteiger charge is 2.27. The van der Waals surface area contributed by atoms with Crippen LogP contribution in [0.3, 0.4) is 0 Å². The van der Waals surface area contributed by atoms with E-state index in [-0.39, 0.29) is 28.5 Å². The molecule has 6 heteroatoms. The molecule has 1 heterocycles. The van der Waals surface area contributed by atoms with Crippen LogP contribution in [0.4, 0.5) is 5.69 Å². The molecule has 2 rings (SSSR count). The van der Waals surface area contributed by atoms with E-state index < -0.39 is 0 Å². The van der Waals surface area contributed by atoms with Crippen LogP contribution in [-0.2, 0) is 4.79 Å². The number of benzene rings is 1. The van der Waals surface area contributed by atoms with Gasteiger partial charge in [0.05, 0.1) is 4.92 Å². The number of hydrogen-bond donors (Lipinski definition) is 1. The molecule has 0 saturated carbocycles. The lowest BCUT2D eigenvalue weighted by molar-refractivity contribution is -0.385. The molecular formula is C15H21N3O3. The fraction of sp³-hybridized carbons (Fsp3) is 0.533. The number of nitro groups is 1. The lowest BCUT2D eigenvalue weighted by atomic mass is 9.94. The van der Waals surface area contributed by atoms with E-state index >= 15 is 0 Å². The predicted octanol–water partition coefficient (Wildman–Crippen LogP) is 2.11. The minimum absolute atomic E-state index is 0.0866. The second kappa shape index (κ2) is 6.67. The molecule has 1 unspecified atom stereocenters. The van der Waals surface area contributed by atoms with Gasteiger partial charge in [-0.2, -0.15) is 0 Å². The van der Waals surface area contributed by atoms with Gasteiger partial charge in [0.1, 0.15) is 0 Å². The topological polar surface area (TPSA) is 75.5 Å². The van der Waals surface area contributed by atoms with Crippen LogP contribution in [-0.4, -0.2) is 35.9 Å². The second-order valence-corrected chi connectivity index (χ2v) is 5.45. The molecule has 1 fully saturated rings. The van der Waals surface area contributed by atoms with E-state index in [1.54, 1.807) is 19.2 Å². The Morgan fingerprint density at radius 3 is 2.67 bits per heavy atom. The minimum atomic E-state index is -0.367. The van der Waals surface area contributed by atoms with Crippen LogP contribution in [0.5, 0.6) is 0 Å². The van der Waals surface area contributed by atoms with Crippen molar-refractivity contribution in [3.8, 4) is 0 Å². The Kier molecular flexibility index (Phi) is 4.90. The number of carbonyl (C=O) groups excluding carboxylic acids is 1. The lowest BCUT2D eigenvalue weighted by Gasteiger charge is -2.35. The molecule has 0 aliphatic carbocycles. The van der Waals surface area contributed by atoms with Gasteiger partial charge in [0.15, 0.2) is 0 Å². The quantitative estimate of drug-likeness (QED) is 0.681. The van der Waals surface area contributed by atoms with E-state index in [0.717, 1.165) is 31.5 Å². The van der Waals surface area contributed by atoms with Crippen LogP contribution in [0.25, 0.3) is 0 Å². The highest BCUT2D eigenvalue weighted by molar-refractivity contribution is 5.78. The van der Waals surface area contributed by atoms with Crippen molar-refractivity contribution in [1.82, 2.24) is 10.2 Å². The van der Waals surface area contributed by atoms with Gasteiger partial charge in [-0.3, -0.25) is 19.8 Å². The van der Waals surface area contributed by atoms with Crippen molar-refractivity contribution in [1.29, 1.82) is 0 Å². The summed E-state index contributed by atoms with van der Waals surface area (Å²) in [5, 5.41) is 13.5. The van der Waals surface area contributed by atoms with Gasteiger partial charge in [0.2, 0.25) is 5.91 Å². The average molecular weight is 291 g/mol. The van der Waals surface area contributed by atoms with Gasteiger partial charge in [-0.1, -0.05) is 12.1 Å². The third-order valence-corrected chi connectivity index (χ3v) is 4.26. The standard InChI is InChI=1S/C15H21N3O3/c1-11(13-4-3-5-14(10-13)18(20)21)17-8-6-12(7-9-17)15(19)16-2/h3-5,10-12H,6-9H2,1-2H3,(H,16,19). The third kappa shape index (κ3) is 3.58. The van der Waals surface area contributed by atoms with Crippen molar-refractivity contribution in [2.24, 2.45) is 5.92 Å². The molecule has 1 aliphatic rings. The number of likely N-dealkylation sites (tertiary alicyclic amines) is 1. The van der Waals surface area contributed by atoms with Gasteiger partial charge in [-0.15, -0.1) is 0 Å². The maximum absolute atomic E-state index is 11.6. The van der Waals surface area contributed by atoms with Gasteiger partial charge in [0, 0.05) is 31.1 Å². The lowest BCUT2D eigenvalue weighted by Crippen LogP contribution is -2.40. The maximum atomic E-state index is 11.6. The number of hydrogen-bond acceptors (Lipinski definition) is 4. The fourth-order valence-corrected chi connectivity index (χ4v) is 2.86. The Labute approximate surface area is 124 Å². The van der Waals surface area contributed by atoms with Gasteiger partial charge in [0.25, 0.3) is 5.69 Å². The number of nitro benzene ring substituents is 1. The van der Waals surface area contributed by atoms with Crippen molar-refractivity contribution in [3.05, 3.63) is 39.9 Å². The largest absolute Gasteiger partial charge is 0.359 e. The van der Waals surface area contributed by atoms with E-state index in [4.69, 9.17) is 0 Å². The second-order valence-electron chi connectivity index (χ2n) is 5.45. The summed E-state index contributed by atoms with van der Waals surface area (Å²) in [6.45, 7) is 3.73. The molecular weight excluding hydrogens is 270 g/mol. The molecule has 1 atom stereocenters. The molecule has 1 N–H and O–H groups in total. The Morgan fingerprint density at radius 2 is 2.10 bits per heavy atom. The Morgan fingerprint density at radius 1 is 1.43 bits per heavy atom. The smallest absolute Gasteiger partial charge is 0.269 e. The molecule has 1 aromatic rings. The molecule has 0 radical (unpaired) electrons. The number of nitrogens with one attached hydrogen (secondary N) is 1. The van der Waals surface area contributed by atoms with E-state index in [1.807, 2.05) is 6.07 Å². The predicted molar refractivity (Wildman–Crippen MR) is 79.9 cm³/mol. The normalized spacial score (nSPS) is 18.2. The van der Waals surface area contributed by atoms with Gasteiger partial charge < -0.3 is 5.32 Å². The van der Waals surface area contributed by atoms with Gasteiger partial charge in [-0.25, -0.2) is 0 Å². The maximum Gasteiger partial charge on any atom is 0.269 e.